The molecule has 3 fully saturated rings. The van der Waals surface area contributed by atoms with E-state index in [-0.39, 0.29) is 11.5 Å². The Hall–Kier alpha value is -2.25. The second-order valence-corrected chi connectivity index (χ2v) is 12.2. The van der Waals surface area contributed by atoms with Gasteiger partial charge in [-0.05, 0) is 69.4 Å². The molecule has 3 heterocycles. The highest BCUT2D eigenvalue weighted by molar-refractivity contribution is 7.16. The number of hydrogen-bond acceptors (Lipinski definition) is 6. The number of methoxy groups -OCH3 is 1. The molecule has 2 aliphatic carbocycles. The summed E-state index contributed by atoms with van der Waals surface area (Å²) in [5, 5.41) is 6.01. The summed E-state index contributed by atoms with van der Waals surface area (Å²) >= 11 is 1.70. The largest absolute Gasteiger partial charge is 0.378 e. The van der Waals surface area contributed by atoms with E-state index in [9.17, 15) is 4.79 Å². The van der Waals surface area contributed by atoms with Crippen LogP contribution in [-0.4, -0.2) is 46.7 Å². The van der Waals surface area contributed by atoms with Crippen molar-refractivity contribution in [2.24, 2.45) is 11.8 Å². The van der Waals surface area contributed by atoms with Crippen molar-refractivity contribution in [2.45, 2.75) is 82.1 Å². The van der Waals surface area contributed by atoms with E-state index in [1.54, 1.807) is 11.3 Å². The fourth-order valence-corrected chi connectivity index (χ4v) is 7.97. The van der Waals surface area contributed by atoms with Gasteiger partial charge in [-0.1, -0.05) is 42.7 Å². The van der Waals surface area contributed by atoms with Crippen molar-refractivity contribution in [3.05, 3.63) is 35.5 Å². The number of piperidine rings is 1. The fraction of sp³-hybridized carbons (Fsp3) is 0.621. The third-order valence-electron chi connectivity index (χ3n) is 9.27. The lowest BCUT2D eigenvalue weighted by Gasteiger charge is -2.47. The van der Waals surface area contributed by atoms with E-state index in [0.29, 0.717) is 5.92 Å². The molecule has 0 atom stereocenters. The zero-order valence-electron chi connectivity index (χ0n) is 21.4. The molecule has 6 nitrogen and oxygen atoms in total. The number of rotatable bonds is 6. The Morgan fingerprint density at radius 3 is 2.36 bits per heavy atom. The average Bonchev–Trinajstić information content (AvgIpc) is 3.54. The molecule has 1 aliphatic heterocycles. The van der Waals surface area contributed by atoms with Gasteiger partial charge in [-0.15, -0.1) is 0 Å². The molecule has 0 amide bonds. The van der Waals surface area contributed by atoms with Gasteiger partial charge in [0.1, 0.15) is 11.3 Å². The molecule has 0 unspecified atom stereocenters. The summed E-state index contributed by atoms with van der Waals surface area (Å²) in [7, 11) is 1.94. The lowest BCUT2D eigenvalue weighted by atomic mass is 9.72. The first-order valence-corrected chi connectivity index (χ1v) is 14.7. The Bertz CT molecular complexity index is 1130. The van der Waals surface area contributed by atoms with Crippen LogP contribution in [0.3, 0.4) is 0 Å². The van der Waals surface area contributed by atoms with Crippen LogP contribution < -0.4 is 4.90 Å². The Labute approximate surface area is 218 Å². The average molecular weight is 507 g/mol. The maximum absolute atomic E-state index is 11.0. The van der Waals surface area contributed by atoms with Crippen molar-refractivity contribution in [3.8, 4) is 11.3 Å². The SMILES string of the molecule is COC1(C2CCCCC2)CCN(c2ccc(-c3cn4nc(C5CCC(C=O)CC5)sc4n3)cc2)CC1. The van der Waals surface area contributed by atoms with Crippen LogP contribution in [0.15, 0.2) is 30.5 Å². The molecular weight excluding hydrogens is 468 g/mol. The van der Waals surface area contributed by atoms with Crippen molar-refractivity contribution in [1.82, 2.24) is 14.6 Å². The van der Waals surface area contributed by atoms with Gasteiger partial charge < -0.3 is 14.4 Å². The van der Waals surface area contributed by atoms with Crippen LogP contribution in [0.25, 0.3) is 16.2 Å². The lowest BCUT2D eigenvalue weighted by molar-refractivity contribution is -0.111. The number of aldehydes is 1. The van der Waals surface area contributed by atoms with E-state index in [0.717, 1.165) is 85.0 Å². The number of benzene rings is 1. The number of carbonyl (C=O) groups is 1. The second-order valence-electron chi connectivity index (χ2n) is 11.2. The van der Waals surface area contributed by atoms with Gasteiger partial charge in [-0.2, -0.15) is 5.10 Å². The minimum atomic E-state index is 0.0821. The molecule has 0 radical (unpaired) electrons. The molecule has 7 heteroatoms. The third-order valence-corrected chi connectivity index (χ3v) is 10.4. The number of imidazole rings is 1. The first-order valence-electron chi connectivity index (χ1n) is 13.9. The van der Waals surface area contributed by atoms with Gasteiger partial charge in [-0.25, -0.2) is 9.50 Å². The molecule has 1 saturated heterocycles. The maximum Gasteiger partial charge on any atom is 0.212 e. The van der Waals surface area contributed by atoms with E-state index in [1.165, 1.54) is 37.8 Å². The van der Waals surface area contributed by atoms with Gasteiger partial charge >= 0.3 is 0 Å². The van der Waals surface area contributed by atoms with Gasteiger partial charge in [0.25, 0.3) is 0 Å². The second kappa shape index (κ2) is 10.3. The zero-order valence-corrected chi connectivity index (χ0v) is 22.2. The minimum Gasteiger partial charge on any atom is -0.378 e. The number of fused-ring (bicyclic) bond motifs is 1. The number of aromatic nitrogens is 3. The van der Waals surface area contributed by atoms with Crippen LogP contribution in [0.2, 0.25) is 0 Å². The normalized spacial score (nSPS) is 25.3. The Kier molecular flexibility index (Phi) is 6.86. The summed E-state index contributed by atoms with van der Waals surface area (Å²) in [4.78, 5) is 19.4. The Morgan fingerprint density at radius 2 is 1.72 bits per heavy atom. The summed E-state index contributed by atoms with van der Waals surface area (Å²) < 4.78 is 8.14. The predicted molar refractivity (Wildman–Crippen MR) is 145 cm³/mol. The number of anilines is 1. The molecule has 0 bridgehead atoms. The molecule has 1 aromatic carbocycles. The quantitative estimate of drug-likeness (QED) is 0.357. The molecule has 36 heavy (non-hydrogen) atoms. The third kappa shape index (κ3) is 4.60. The number of nitrogens with zero attached hydrogens (tertiary/aromatic N) is 4. The monoisotopic (exact) mass is 506 g/mol. The standard InChI is InChI=1S/C29H38N4O2S/c1-35-29(24-5-3-2-4-6-24)15-17-32(18-16-29)25-13-11-22(12-14-25)26-19-33-28(30-26)36-27(31-33)23-9-7-21(20-34)8-10-23/h11-14,19-21,23-24H,2-10,15-18H2,1H3. The smallest absolute Gasteiger partial charge is 0.212 e. The van der Waals surface area contributed by atoms with Gasteiger partial charge in [-0.3, -0.25) is 0 Å². The number of carbonyl (C=O) groups excluding carboxylic acids is 1. The van der Waals surface area contributed by atoms with Crippen LogP contribution in [0.4, 0.5) is 5.69 Å². The van der Waals surface area contributed by atoms with E-state index in [4.69, 9.17) is 14.8 Å². The number of hydrogen-bond donors (Lipinski definition) is 0. The maximum atomic E-state index is 11.0. The molecule has 3 aliphatic rings. The van der Waals surface area contributed by atoms with Gasteiger partial charge in [0.2, 0.25) is 4.96 Å². The summed E-state index contributed by atoms with van der Waals surface area (Å²) in [6, 6.07) is 8.88. The highest BCUT2D eigenvalue weighted by Gasteiger charge is 2.42. The number of ether oxygens (including phenoxy) is 1. The van der Waals surface area contributed by atoms with E-state index >= 15 is 0 Å². The molecule has 6 rings (SSSR count). The van der Waals surface area contributed by atoms with E-state index in [1.807, 2.05) is 11.6 Å². The first-order chi connectivity index (χ1) is 17.7. The Balaban J connectivity index is 1.10. The van der Waals surface area contributed by atoms with E-state index < -0.39 is 0 Å². The molecule has 192 valence electrons. The van der Waals surface area contributed by atoms with Crippen molar-refractivity contribution in [1.29, 1.82) is 0 Å². The van der Waals surface area contributed by atoms with Crippen LogP contribution in [-0.2, 0) is 9.53 Å². The Morgan fingerprint density at radius 1 is 1.00 bits per heavy atom. The molecule has 0 N–H and O–H groups in total. The van der Waals surface area contributed by atoms with Gasteiger partial charge in [0.15, 0.2) is 0 Å². The molecule has 2 aromatic heterocycles. The molecule has 0 spiro atoms. The summed E-state index contributed by atoms with van der Waals surface area (Å²) in [6.07, 6.45) is 16.3. The van der Waals surface area contributed by atoms with Crippen LogP contribution >= 0.6 is 11.3 Å². The predicted octanol–water partition coefficient (Wildman–Crippen LogP) is 6.50. The van der Waals surface area contributed by atoms with Gasteiger partial charge in [0, 0.05) is 43.3 Å². The summed E-state index contributed by atoms with van der Waals surface area (Å²) in [6.45, 7) is 2.12. The topological polar surface area (TPSA) is 59.7 Å². The molecular formula is C29H38N4O2S. The van der Waals surface area contributed by atoms with Crippen molar-refractivity contribution in [2.75, 3.05) is 25.1 Å². The lowest BCUT2D eigenvalue weighted by Crippen LogP contribution is -2.50. The minimum absolute atomic E-state index is 0.0821. The van der Waals surface area contributed by atoms with Crippen molar-refractivity contribution < 1.29 is 9.53 Å². The summed E-state index contributed by atoms with van der Waals surface area (Å²) in [5.74, 6) is 1.44. The highest BCUT2D eigenvalue weighted by atomic mass is 32.1. The molecule has 3 aromatic rings. The van der Waals surface area contributed by atoms with Crippen LogP contribution in [0, 0.1) is 11.8 Å². The van der Waals surface area contributed by atoms with E-state index in [2.05, 4.69) is 35.4 Å². The van der Waals surface area contributed by atoms with Crippen LogP contribution in [0.5, 0.6) is 0 Å². The zero-order chi connectivity index (χ0) is 24.5. The fourth-order valence-electron chi connectivity index (χ4n) is 6.92. The van der Waals surface area contributed by atoms with Gasteiger partial charge in [0.05, 0.1) is 17.5 Å². The highest BCUT2D eigenvalue weighted by Crippen LogP contribution is 2.42. The van der Waals surface area contributed by atoms with Crippen molar-refractivity contribution in [3.63, 3.8) is 0 Å². The van der Waals surface area contributed by atoms with Crippen LogP contribution in [0.1, 0.15) is 81.6 Å². The summed E-state index contributed by atoms with van der Waals surface area (Å²) in [5.41, 5.74) is 3.49. The van der Waals surface area contributed by atoms with Crippen molar-refractivity contribution >= 4 is 28.3 Å². The molecule has 2 saturated carbocycles. The first kappa shape index (κ1) is 24.1.